The molecule has 0 aromatic rings. The molecule has 0 bridgehead atoms. The third-order valence-electron chi connectivity index (χ3n) is 2.97. The molecule has 0 saturated heterocycles. The molecule has 144 valence electrons. The summed E-state index contributed by atoms with van der Waals surface area (Å²) in [5.74, 6) is 1.73. The average molecular weight is 357 g/mol. The highest BCUT2D eigenvalue weighted by Crippen LogP contribution is 2.07. The van der Waals surface area contributed by atoms with Crippen LogP contribution in [0, 0.1) is 11.8 Å². The first-order valence-electron chi connectivity index (χ1n) is 8.64. The molecule has 0 aliphatic heterocycles. The summed E-state index contributed by atoms with van der Waals surface area (Å²) in [6.45, 7) is 10.8. The molecule has 0 rings (SSSR count). The van der Waals surface area contributed by atoms with Gasteiger partial charge in [0.15, 0.2) is 0 Å². The van der Waals surface area contributed by atoms with Gasteiger partial charge in [0, 0.05) is 0 Å². The molecular weight excluding hydrogens is 316 g/mol. The summed E-state index contributed by atoms with van der Waals surface area (Å²) in [4.78, 5) is 0. The second-order valence-electron chi connectivity index (χ2n) is 6.51. The van der Waals surface area contributed by atoms with E-state index < -0.39 is 10.4 Å². The number of unbranched alkanes of at least 4 members (excludes halogenated alkanes) is 4. The van der Waals surface area contributed by atoms with Gasteiger partial charge in [0.2, 0.25) is 0 Å². The molecule has 6 nitrogen and oxygen atoms in total. The van der Waals surface area contributed by atoms with E-state index in [9.17, 15) is 0 Å². The fraction of sp³-hybridized carbons (Fsp3) is 1.00. The molecule has 0 aliphatic carbocycles. The molecule has 0 heterocycles. The van der Waals surface area contributed by atoms with E-state index in [1.54, 1.807) is 0 Å². The van der Waals surface area contributed by atoms with E-state index in [0.29, 0.717) is 0 Å². The zero-order valence-corrected chi connectivity index (χ0v) is 16.3. The maximum Gasteiger partial charge on any atom is 0.394 e. The predicted octanol–water partition coefficient (Wildman–Crippen LogP) is 3.67. The van der Waals surface area contributed by atoms with E-state index in [2.05, 4.69) is 27.7 Å². The highest BCUT2D eigenvalue weighted by molar-refractivity contribution is 7.79. The van der Waals surface area contributed by atoms with Crippen LogP contribution in [0.25, 0.3) is 0 Å². The van der Waals surface area contributed by atoms with Gasteiger partial charge in [-0.2, -0.15) is 8.42 Å². The van der Waals surface area contributed by atoms with Crippen molar-refractivity contribution >= 4 is 10.4 Å². The van der Waals surface area contributed by atoms with Gasteiger partial charge in [0.1, 0.15) is 0 Å². The van der Waals surface area contributed by atoms with E-state index >= 15 is 0 Å². The summed E-state index contributed by atoms with van der Waals surface area (Å²) < 4.78 is 31.6. The minimum Gasteiger partial charge on any atom is -0.330 e. The Morgan fingerprint density at radius 3 is 1.13 bits per heavy atom. The van der Waals surface area contributed by atoms with E-state index in [1.165, 1.54) is 51.4 Å². The summed E-state index contributed by atoms with van der Waals surface area (Å²) >= 11 is 0. The zero-order valence-electron chi connectivity index (χ0n) is 15.5. The zero-order chi connectivity index (χ0) is 18.7. The van der Waals surface area contributed by atoms with Crippen LogP contribution >= 0.6 is 0 Å². The van der Waals surface area contributed by atoms with E-state index in [0.717, 1.165) is 24.9 Å². The molecule has 7 heteroatoms. The van der Waals surface area contributed by atoms with Crippen molar-refractivity contribution < 1.29 is 17.5 Å². The summed E-state index contributed by atoms with van der Waals surface area (Å²) in [5.41, 5.74) is 10.7. The highest BCUT2D eigenvalue weighted by Gasteiger charge is 1.92. The molecule has 6 N–H and O–H groups in total. The van der Waals surface area contributed by atoms with Crippen LogP contribution in [0.2, 0.25) is 0 Å². The minimum atomic E-state index is -4.67. The third-order valence-corrected chi connectivity index (χ3v) is 2.97. The quantitative estimate of drug-likeness (QED) is 0.349. The van der Waals surface area contributed by atoms with E-state index in [4.69, 9.17) is 29.0 Å². The van der Waals surface area contributed by atoms with Gasteiger partial charge in [-0.05, 0) is 37.8 Å². The van der Waals surface area contributed by atoms with Gasteiger partial charge < -0.3 is 11.5 Å². The van der Waals surface area contributed by atoms with Crippen LogP contribution in [0.1, 0.15) is 79.1 Å². The summed E-state index contributed by atoms with van der Waals surface area (Å²) in [6.07, 6.45) is 10.5. The number of hydrogen-bond donors (Lipinski definition) is 4. The van der Waals surface area contributed by atoms with Crippen LogP contribution in [-0.4, -0.2) is 30.6 Å². The predicted molar refractivity (Wildman–Crippen MR) is 98.9 cm³/mol. The molecule has 0 fully saturated rings. The first-order valence-corrected chi connectivity index (χ1v) is 10.0. The lowest BCUT2D eigenvalue weighted by molar-refractivity contribution is 0.381. The lowest BCUT2D eigenvalue weighted by Gasteiger charge is -2.01. The maximum atomic E-state index is 8.74. The second-order valence-corrected chi connectivity index (χ2v) is 7.41. The monoisotopic (exact) mass is 356 g/mol. The van der Waals surface area contributed by atoms with Gasteiger partial charge in [-0.25, -0.2) is 0 Å². The largest absolute Gasteiger partial charge is 0.394 e. The Morgan fingerprint density at radius 2 is 0.957 bits per heavy atom. The van der Waals surface area contributed by atoms with Crippen molar-refractivity contribution in [2.75, 3.05) is 13.1 Å². The fourth-order valence-corrected chi connectivity index (χ4v) is 1.75. The molecule has 0 amide bonds. The Bertz CT molecular complexity index is 283. The minimum absolute atomic E-state index is 0.859. The first-order chi connectivity index (χ1) is 10.5. The van der Waals surface area contributed by atoms with Crippen LogP contribution < -0.4 is 11.5 Å². The Hall–Kier alpha value is -0.210. The third kappa shape index (κ3) is 61.4. The van der Waals surface area contributed by atoms with Crippen LogP contribution in [0.3, 0.4) is 0 Å². The molecule has 0 saturated carbocycles. The van der Waals surface area contributed by atoms with Gasteiger partial charge >= 0.3 is 10.4 Å². The van der Waals surface area contributed by atoms with Crippen molar-refractivity contribution in [2.24, 2.45) is 23.3 Å². The smallest absolute Gasteiger partial charge is 0.330 e. The lowest BCUT2D eigenvalue weighted by atomic mass is 10.1. The second kappa shape index (κ2) is 19.8. The van der Waals surface area contributed by atoms with Crippen LogP contribution in [0.4, 0.5) is 0 Å². The SMILES string of the molecule is CC(C)CCCCCN.CC(C)CCCCCN.O=S(=O)(O)O. The van der Waals surface area contributed by atoms with Gasteiger partial charge in [0.25, 0.3) is 0 Å². The van der Waals surface area contributed by atoms with Gasteiger partial charge in [-0.1, -0.05) is 66.2 Å². The summed E-state index contributed by atoms with van der Waals surface area (Å²) in [5, 5.41) is 0. The van der Waals surface area contributed by atoms with Crippen molar-refractivity contribution in [1.82, 2.24) is 0 Å². The number of nitrogens with two attached hydrogens (primary N) is 2. The Balaban J connectivity index is -0.000000273. The Kier molecular flexibility index (Phi) is 23.8. The van der Waals surface area contributed by atoms with Crippen molar-refractivity contribution in [3.8, 4) is 0 Å². The summed E-state index contributed by atoms with van der Waals surface area (Å²) in [6, 6.07) is 0. The molecule has 0 aliphatic rings. The van der Waals surface area contributed by atoms with Crippen molar-refractivity contribution in [3.05, 3.63) is 0 Å². The topological polar surface area (TPSA) is 127 Å². The van der Waals surface area contributed by atoms with Gasteiger partial charge in [-0.3, -0.25) is 9.11 Å². The van der Waals surface area contributed by atoms with Crippen molar-refractivity contribution in [3.63, 3.8) is 0 Å². The number of hydrogen-bond acceptors (Lipinski definition) is 4. The Morgan fingerprint density at radius 1 is 0.696 bits per heavy atom. The van der Waals surface area contributed by atoms with E-state index in [-0.39, 0.29) is 0 Å². The van der Waals surface area contributed by atoms with Crippen LogP contribution in [0.5, 0.6) is 0 Å². The highest BCUT2D eigenvalue weighted by atomic mass is 32.3. The molecule has 0 aromatic heterocycles. The average Bonchev–Trinajstić information content (AvgIpc) is 2.38. The van der Waals surface area contributed by atoms with Crippen LogP contribution in [-0.2, 0) is 10.4 Å². The molecular formula is C16H40N2O4S. The molecule has 0 spiro atoms. The fourth-order valence-electron chi connectivity index (χ4n) is 1.75. The lowest BCUT2D eigenvalue weighted by Crippen LogP contribution is -1.98. The van der Waals surface area contributed by atoms with Gasteiger partial charge in [-0.15, -0.1) is 0 Å². The standard InChI is InChI=1S/2C8H19N.H2O4S/c2*1-8(2)6-4-3-5-7-9;1-5(2,3)4/h2*8H,3-7,9H2,1-2H3;(H2,1,2,3,4). The Labute approximate surface area is 144 Å². The molecule has 0 unspecified atom stereocenters. The normalized spacial score (nSPS) is 10.9. The van der Waals surface area contributed by atoms with Crippen molar-refractivity contribution in [2.45, 2.75) is 79.1 Å². The van der Waals surface area contributed by atoms with E-state index in [1.807, 2.05) is 0 Å². The molecule has 23 heavy (non-hydrogen) atoms. The summed E-state index contributed by atoms with van der Waals surface area (Å²) in [7, 11) is -4.67. The van der Waals surface area contributed by atoms with Crippen LogP contribution in [0.15, 0.2) is 0 Å². The molecule has 0 aromatic carbocycles. The molecule has 0 radical (unpaired) electrons. The molecule has 0 atom stereocenters. The first kappa shape index (κ1) is 27.6. The number of rotatable bonds is 10. The maximum absolute atomic E-state index is 8.74. The van der Waals surface area contributed by atoms with Gasteiger partial charge in [0.05, 0.1) is 0 Å². The van der Waals surface area contributed by atoms with Crippen molar-refractivity contribution in [1.29, 1.82) is 0 Å².